The molecular weight excluding hydrogens is 145 g/mol. The molecule has 1 aliphatic rings. The van der Waals surface area contributed by atoms with Gasteiger partial charge in [0.1, 0.15) is 5.91 Å². The summed E-state index contributed by atoms with van der Waals surface area (Å²) in [7, 11) is 0. The Bertz CT molecular complexity index is 91.1. The van der Waals surface area contributed by atoms with Gasteiger partial charge in [0.25, 0.3) is 0 Å². The molecule has 1 heterocycles. The summed E-state index contributed by atoms with van der Waals surface area (Å²) in [6.45, 7) is 0.250. The van der Waals surface area contributed by atoms with Gasteiger partial charge in [-0.3, -0.25) is 4.79 Å². The summed E-state index contributed by atoms with van der Waals surface area (Å²) < 4.78 is 0. The van der Waals surface area contributed by atoms with Crippen LogP contribution in [0.3, 0.4) is 0 Å². The molecule has 0 radical (unpaired) electrons. The first-order valence-electron chi connectivity index (χ1n) is 1.61. The second-order valence-electron chi connectivity index (χ2n) is 0.979. The first-order chi connectivity index (χ1) is 2.89. The Morgan fingerprint density at radius 3 is 2.71 bits per heavy atom. The number of nitrogens with zero attached hydrogens (tertiary/aromatic N) is 2. The average molecular weight is 148 g/mol. The summed E-state index contributed by atoms with van der Waals surface area (Å²) in [4.78, 5) is 13.5. The molecular formula is C3H3N2OZn-. The van der Waals surface area contributed by atoms with Crippen LogP contribution >= 0.6 is 0 Å². The standard InChI is InChI=1S/C3H4N2O.Zn/c6-3-1-4-2-5-3;/h2H,1H2,(H,4,5,6);/p-1. The zero-order chi connectivity index (χ0) is 4.41. The Balaban J connectivity index is 0.000000360. The molecule has 4 heteroatoms. The number of carbonyl (C=O) groups excluding carboxylic acids is 1. The van der Waals surface area contributed by atoms with Crippen molar-refractivity contribution in [1.29, 1.82) is 0 Å². The van der Waals surface area contributed by atoms with Gasteiger partial charge in [-0.05, 0) is 0 Å². The summed E-state index contributed by atoms with van der Waals surface area (Å²) in [6.07, 6.45) is 1.28. The van der Waals surface area contributed by atoms with Gasteiger partial charge in [0.2, 0.25) is 0 Å². The van der Waals surface area contributed by atoms with E-state index < -0.39 is 0 Å². The molecule has 1 rings (SSSR count). The Morgan fingerprint density at radius 1 is 1.86 bits per heavy atom. The van der Waals surface area contributed by atoms with Crippen LogP contribution in [0.5, 0.6) is 0 Å². The van der Waals surface area contributed by atoms with Crippen LogP contribution in [0.15, 0.2) is 4.99 Å². The van der Waals surface area contributed by atoms with Gasteiger partial charge in [-0.1, -0.05) is 6.34 Å². The number of hydrogen-bond acceptors (Lipinski definition) is 2. The average Bonchev–Trinajstić information content (AvgIpc) is 1.86. The van der Waals surface area contributed by atoms with Crippen molar-refractivity contribution >= 4 is 12.2 Å². The molecule has 0 saturated heterocycles. The largest absolute Gasteiger partial charge is 0.464 e. The molecule has 0 bridgehead atoms. The van der Waals surface area contributed by atoms with Crippen molar-refractivity contribution in [2.75, 3.05) is 6.54 Å². The van der Waals surface area contributed by atoms with E-state index in [0.29, 0.717) is 0 Å². The SMILES string of the molecule is O=C1CN=C[N-]1.[Zn]. The molecule has 0 N–H and O–H groups in total. The number of amides is 1. The van der Waals surface area contributed by atoms with E-state index in [1.165, 1.54) is 6.34 Å². The van der Waals surface area contributed by atoms with E-state index in [1.807, 2.05) is 0 Å². The molecule has 0 aromatic carbocycles. The third-order valence-electron chi connectivity index (χ3n) is 0.510. The number of carbonyl (C=O) groups is 1. The van der Waals surface area contributed by atoms with Crippen molar-refractivity contribution in [3.63, 3.8) is 0 Å². The minimum absolute atomic E-state index is 0. The maximum atomic E-state index is 9.95. The molecule has 1 aliphatic heterocycles. The third-order valence-corrected chi connectivity index (χ3v) is 0.510. The minimum atomic E-state index is -0.144. The van der Waals surface area contributed by atoms with Gasteiger partial charge in [0.15, 0.2) is 0 Å². The predicted molar refractivity (Wildman–Crippen MR) is 21.7 cm³/mol. The Hall–Kier alpha value is -0.237. The van der Waals surface area contributed by atoms with Gasteiger partial charge in [0.05, 0.1) is 0 Å². The predicted octanol–water partition coefficient (Wildman–Crippen LogP) is -0.0739. The molecule has 1 amide bonds. The van der Waals surface area contributed by atoms with E-state index in [4.69, 9.17) is 0 Å². The van der Waals surface area contributed by atoms with Crippen molar-refractivity contribution in [3.05, 3.63) is 5.32 Å². The molecule has 0 aromatic rings. The van der Waals surface area contributed by atoms with Gasteiger partial charge in [0, 0.05) is 26.0 Å². The van der Waals surface area contributed by atoms with Crippen LogP contribution in [-0.2, 0) is 24.3 Å². The van der Waals surface area contributed by atoms with E-state index in [2.05, 4.69) is 10.3 Å². The monoisotopic (exact) mass is 147 g/mol. The van der Waals surface area contributed by atoms with E-state index in [0.717, 1.165) is 0 Å². The maximum absolute atomic E-state index is 9.95. The van der Waals surface area contributed by atoms with Crippen LogP contribution in [0.1, 0.15) is 0 Å². The van der Waals surface area contributed by atoms with E-state index in [1.54, 1.807) is 0 Å². The number of rotatable bonds is 0. The molecule has 34 valence electrons. The molecule has 0 saturated carbocycles. The Kier molecular flexibility index (Phi) is 2.76. The van der Waals surface area contributed by atoms with Crippen LogP contribution in [0.2, 0.25) is 0 Å². The second kappa shape index (κ2) is 2.86. The third kappa shape index (κ3) is 1.78. The van der Waals surface area contributed by atoms with Crippen LogP contribution < -0.4 is 0 Å². The topological polar surface area (TPSA) is 43.5 Å². The van der Waals surface area contributed by atoms with Crippen molar-refractivity contribution in [3.8, 4) is 0 Å². The summed E-state index contributed by atoms with van der Waals surface area (Å²) >= 11 is 0. The normalized spacial score (nSPS) is 15.7. The van der Waals surface area contributed by atoms with Crippen LogP contribution in [0, 0.1) is 0 Å². The van der Waals surface area contributed by atoms with Gasteiger partial charge >= 0.3 is 0 Å². The molecule has 0 spiro atoms. The van der Waals surface area contributed by atoms with Crippen molar-refractivity contribution in [2.45, 2.75) is 0 Å². The van der Waals surface area contributed by atoms with Crippen LogP contribution in [0.25, 0.3) is 5.32 Å². The van der Waals surface area contributed by atoms with E-state index in [-0.39, 0.29) is 31.9 Å². The van der Waals surface area contributed by atoms with Crippen molar-refractivity contribution < 1.29 is 24.3 Å². The molecule has 0 unspecified atom stereocenters. The number of aliphatic imine (C=N–C) groups is 1. The van der Waals surface area contributed by atoms with Gasteiger partial charge in [-0.15, -0.1) is 0 Å². The van der Waals surface area contributed by atoms with Gasteiger partial charge in [-0.25, -0.2) is 0 Å². The summed E-state index contributed by atoms with van der Waals surface area (Å²) in [5.41, 5.74) is 0. The van der Waals surface area contributed by atoms with E-state index in [9.17, 15) is 4.79 Å². The number of hydrogen-bond donors (Lipinski definition) is 0. The molecule has 0 atom stereocenters. The van der Waals surface area contributed by atoms with Crippen LogP contribution in [-0.4, -0.2) is 18.8 Å². The zero-order valence-corrected chi connectivity index (χ0v) is 6.76. The minimum Gasteiger partial charge on any atom is -0.464 e. The first kappa shape index (κ1) is 6.76. The van der Waals surface area contributed by atoms with Gasteiger partial charge in [-0.2, -0.15) is 0 Å². The molecule has 7 heavy (non-hydrogen) atoms. The van der Waals surface area contributed by atoms with E-state index >= 15 is 0 Å². The quantitative estimate of drug-likeness (QED) is 0.444. The maximum Gasteiger partial charge on any atom is 0.145 e. The van der Waals surface area contributed by atoms with Gasteiger partial charge < -0.3 is 10.3 Å². The van der Waals surface area contributed by atoms with Crippen molar-refractivity contribution in [1.82, 2.24) is 0 Å². The molecule has 3 nitrogen and oxygen atoms in total. The molecule has 0 aliphatic carbocycles. The molecule has 0 aromatic heterocycles. The first-order valence-corrected chi connectivity index (χ1v) is 1.61. The van der Waals surface area contributed by atoms with Crippen LogP contribution in [0.4, 0.5) is 0 Å². The Labute approximate surface area is 54.0 Å². The summed E-state index contributed by atoms with van der Waals surface area (Å²) in [6, 6.07) is 0. The zero-order valence-electron chi connectivity index (χ0n) is 3.79. The second-order valence-corrected chi connectivity index (χ2v) is 0.979. The summed E-state index contributed by atoms with van der Waals surface area (Å²) in [5, 5.41) is 3.31. The summed E-state index contributed by atoms with van der Waals surface area (Å²) in [5.74, 6) is -0.144. The van der Waals surface area contributed by atoms with Crippen molar-refractivity contribution in [2.24, 2.45) is 4.99 Å². The molecule has 0 fully saturated rings. The fraction of sp³-hybridized carbons (Fsp3) is 0.333. The Morgan fingerprint density at radius 2 is 2.57 bits per heavy atom. The smallest absolute Gasteiger partial charge is 0.145 e. The fourth-order valence-corrected chi connectivity index (χ4v) is 0.265. The fourth-order valence-electron chi connectivity index (χ4n) is 0.265.